The number of rotatable bonds is 5. The van der Waals surface area contributed by atoms with Crippen molar-refractivity contribution in [3.8, 4) is 0 Å². The van der Waals surface area contributed by atoms with Gasteiger partial charge in [0.15, 0.2) is 0 Å². The molecule has 0 spiro atoms. The van der Waals surface area contributed by atoms with Crippen molar-refractivity contribution in [3.63, 3.8) is 0 Å². The number of amides is 2. The lowest BCUT2D eigenvalue weighted by Crippen LogP contribution is -2.56. The Kier molecular flexibility index (Phi) is 6.56. The van der Waals surface area contributed by atoms with E-state index >= 15 is 0 Å². The maximum absolute atomic E-state index is 13.7. The summed E-state index contributed by atoms with van der Waals surface area (Å²) in [5.41, 5.74) is -0.293. The number of aliphatic hydroxyl groups is 1. The van der Waals surface area contributed by atoms with Gasteiger partial charge in [-0.3, -0.25) is 14.4 Å². The largest absolute Gasteiger partial charge is 0.389 e. The summed E-state index contributed by atoms with van der Waals surface area (Å²) in [6.07, 6.45) is -0.371. The van der Waals surface area contributed by atoms with E-state index in [4.69, 9.17) is 0 Å². The van der Waals surface area contributed by atoms with Gasteiger partial charge >= 0.3 is 0 Å². The highest BCUT2D eigenvalue weighted by molar-refractivity contribution is 6.10. The molecular weight excluding hydrogens is 435 g/mol. The number of para-hydroxylation sites is 2. The molecule has 3 N–H and O–H groups in total. The predicted octanol–water partition coefficient (Wildman–Crippen LogP) is 4.14. The molecule has 1 aliphatic carbocycles. The molecule has 3 aromatic rings. The number of halogens is 1. The summed E-state index contributed by atoms with van der Waals surface area (Å²) >= 11 is 0. The van der Waals surface area contributed by atoms with Crippen LogP contribution >= 0.6 is 0 Å². The lowest BCUT2D eigenvalue weighted by molar-refractivity contribution is -0.150. The highest BCUT2D eigenvalue weighted by atomic mass is 19.1. The van der Waals surface area contributed by atoms with Crippen LogP contribution in [0.15, 0.2) is 84.9 Å². The van der Waals surface area contributed by atoms with E-state index in [1.54, 1.807) is 60.7 Å². The van der Waals surface area contributed by atoms with E-state index in [9.17, 15) is 23.9 Å². The first kappa shape index (κ1) is 23.3. The molecule has 1 fully saturated rings. The van der Waals surface area contributed by atoms with Crippen LogP contribution in [0.25, 0.3) is 0 Å². The molecule has 1 saturated carbocycles. The number of Topliss-reactive ketones (excluding diaryl/α,β-unsaturated/α-hetero) is 1. The monoisotopic (exact) mass is 460 g/mol. The van der Waals surface area contributed by atoms with Gasteiger partial charge in [0.2, 0.25) is 11.8 Å². The molecule has 0 unspecified atom stereocenters. The first-order valence-electron chi connectivity index (χ1n) is 11.0. The van der Waals surface area contributed by atoms with Crippen LogP contribution in [0, 0.1) is 17.7 Å². The van der Waals surface area contributed by atoms with Gasteiger partial charge in [-0.15, -0.1) is 0 Å². The second kappa shape index (κ2) is 9.57. The molecule has 4 rings (SSSR count). The lowest BCUT2D eigenvalue weighted by Gasteiger charge is -2.44. The van der Waals surface area contributed by atoms with Crippen LogP contribution < -0.4 is 10.6 Å². The average Bonchev–Trinajstić information content (AvgIpc) is 2.79. The van der Waals surface area contributed by atoms with Crippen molar-refractivity contribution in [2.45, 2.75) is 24.9 Å². The Morgan fingerprint density at radius 1 is 0.853 bits per heavy atom. The number of anilines is 2. The lowest BCUT2D eigenvalue weighted by atomic mass is 9.61. The van der Waals surface area contributed by atoms with E-state index in [1.165, 1.54) is 31.2 Å². The minimum Gasteiger partial charge on any atom is -0.389 e. The smallest absolute Gasteiger partial charge is 0.235 e. The summed E-state index contributed by atoms with van der Waals surface area (Å²) in [6, 6.07) is 22.7. The minimum atomic E-state index is -1.72. The number of carbonyl (C=O) groups excluding carboxylic acids is 3. The van der Waals surface area contributed by atoms with Gasteiger partial charge in [-0.1, -0.05) is 48.5 Å². The van der Waals surface area contributed by atoms with Crippen molar-refractivity contribution in [1.82, 2.24) is 0 Å². The Bertz CT molecular complexity index is 1180. The predicted molar refractivity (Wildman–Crippen MR) is 127 cm³/mol. The molecule has 4 atom stereocenters. The fraction of sp³-hybridized carbons (Fsp3) is 0.222. The van der Waals surface area contributed by atoms with Crippen molar-refractivity contribution in [1.29, 1.82) is 0 Å². The molecule has 0 bridgehead atoms. The maximum atomic E-state index is 13.7. The summed E-state index contributed by atoms with van der Waals surface area (Å²) in [7, 11) is 0. The van der Waals surface area contributed by atoms with Crippen LogP contribution in [-0.4, -0.2) is 28.3 Å². The van der Waals surface area contributed by atoms with E-state index in [0.717, 1.165) is 0 Å². The van der Waals surface area contributed by atoms with Gasteiger partial charge in [-0.05, 0) is 48.9 Å². The highest BCUT2D eigenvalue weighted by Gasteiger charge is 2.55. The Morgan fingerprint density at radius 3 is 1.88 bits per heavy atom. The number of benzene rings is 3. The Hall–Kier alpha value is -3.84. The zero-order valence-electron chi connectivity index (χ0n) is 18.6. The first-order valence-corrected chi connectivity index (χ1v) is 11.0. The second-order valence-electron chi connectivity index (χ2n) is 8.74. The zero-order valence-corrected chi connectivity index (χ0v) is 18.6. The maximum Gasteiger partial charge on any atom is 0.235 e. The van der Waals surface area contributed by atoms with E-state index in [2.05, 4.69) is 10.6 Å². The Labute approximate surface area is 196 Å². The number of hydrogen-bond acceptors (Lipinski definition) is 4. The van der Waals surface area contributed by atoms with Crippen molar-refractivity contribution in [2.24, 2.45) is 11.8 Å². The molecule has 0 aromatic heterocycles. The quantitative estimate of drug-likeness (QED) is 0.499. The first-order chi connectivity index (χ1) is 16.3. The van der Waals surface area contributed by atoms with E-state index in [0.29, 0.717) is 16.9 Å². The van der Waals surface area contributed by atoms with Gasteiger partial charge in [0, 0.05) is 23.7 Å². The van der Waals surface area contributed by atoms with Crippen LogP contribution in [0.4, 0.5) is 15.8 Å². The molecule has 3 aromatic carbocycles. The molecule has 7 heteroatoms. The zero-order chi connectivity index (χ0) is 24.3. The summed E-state index contributed by atoms with van der Waals surface area (Å²) in [5, 5.41) is 16.8. The van der Waals surface area contributed by atoms with Crippen molar-refractivity contribution < 1.29 is 23.9 Å². The molecular formula is C27H25FN2O4. The third kappa shape index (κ3) is 4.89. The van der Waals surface area contributed by atoms with E-state index in [-0.39, 0.29) is 6.42 Å². The molecule has 0 aliphatic heterocycles. The molecule has 34 heavy (non-hydrogen) atoms. The molecule has 2 amide bonds. The molecule has 0 heterocycles. The normalized spacial score (nSPS) is 24.3. The van der Waals surface area contributed by atoms with Gasteiger partial charge in [-0.2, -0.15) is 0 Å². The molecule has 0 saturated heterocycles. The number of nitrogens with one attached hydrogen (secondary N) is 2. The summed E-state index contributed by atoms with van der Waals surface area (Å²) in [5.74, 6) is -5.51. The Balaban J connectivity index is 1.76. The fourth-order valence-corrected chi connectivity index (χ4v) is 4.66. The van der Waals surface area contributed by atoms with Crippen LogP contribution in [-0.2, 0) is 14.4 Å². The molecule has 1 aliphatic rings. The fourth-order valence-electron chi connectivity index (χ4n) is 4.66. The average molecular weight is 461 g/mol. The molecule has 0 radical (unpaired) electrons. The van der Waals surface area contributed by atoms with Gasteiger partial charge < -0.3 is 15.7 Å². The molecule has 6 nitrogen and oxygen atoms in total. The van der Waals surface area contributed by atoms with E-state index in [1.807, 2.05) is 0 Å². The second-order valence-corrected chi connectivity index (χ2v) is 8.74. The van der Waals surface area contributed by atoms with Gasteiger partial charge in [0.25, 0.3) is 0 Å². The standard InChI is InChI=1S/C27H25FN2O4/c1-27(34)16-21(31)23(25(32)29-19-8-4-2-5-9-19)22(17-12-14-18(28)15-13-17)24(27)26(33)30-20-10-6-3-7-11-20/h2-15,22-24,34H,16H2,1H3,(H,29,32)(H,30,33)/t22-,23+,24+,27+/m0/s1. The Morgan fingerprint density at radius 2 is 1.35 bits per heavy atom. The third-order valence-electron chi connectivity index (χ3n) is 6.17. The number of ketones is 1. The highest BCUT2D eigenvalue weighted by Crippen LogP contribution is 2.46. The van der Waals surface area contributed by atoms with Crippen molar-refractivity contribution in [2.75, 3.05) is 10.6 Å². The van der Waals surface area contributed by atoms with E-state index < -0.39 is 46.8 Å². The van der Waals surface area contributed by atoms with Gasteiger partial charge in [-0.25, -0.2) is 4.39 Å². The summed E-state index contributed by atoms with van der Waals surface area (Å²) in [6.45, 7) is 1.42. The third-order valence-corrected chi connectivity index (χ3v) is 6.17. The van der Waals surface area contributed by atoms with Crippen LogP contribution in [0.3, 0.4) is 0 Å². The van der Waals surface area contributed by atoms with Crippen LogP contribution in [0.5, 0.6) is 0 Å². The van der Waals surface area contributed by atoms with Gasteiger partial charge in [0.1, 0.15) is 17.5 Å². The SMILES string of the molecule is C[C@@]1(O)CC(=O)[C@@H](C(=O)Nc2ccccc2)[C@H](c2ccc(F)cc2)[C@@H]1C(=O)Nc1ccccc1. The van der Waals surface area contributed by atoms with Crippen LogP contribution in [0.2, 0.25) is 0 Å². The van der Waals surface area contributed by atoms with Crippen molar-refractivity contribution in [3.05, 3.63) is 96.3 Å². The minimum absolute atomic E-state index is 0.371. The van der Waals surface area contributed by atoms with Crippen molar-refractivity contribution >= 4 is 29.0 Å². The topological polar surface area (TPSA) is 95.5 Å². The number of carbonyl (C=O) groups is 3. The summed E-state index contributed by atoms with van der Waals surface area (Å²) < 4.78 is 13.7. The number of hydrogen-bond donors (Lipinski definition) is 3. The van der Waals surface area contributed by atoms with Gasteiger partial charge in [0.05, 0.1) is 11.5 Å². The molecule has 174 valence electrons. The van der Waals surface area contributed by atoms with Crippen LogP contribution in [0.1, 0.15) is 24.8 Å². The summed E-state index contributed by atoms with van der Waals surface area (Å²) in [4.78, 5) is 40.0.